The van der Waals surface area contributed by atoms with Crippen molar-refractivity contribution >= 4 is 29.2 Å². The van der Waals surface area contributed by atoms with E-state index >= 15 is 0 Å². The Labute approximate surface area is 193 Å². The number of anilines is 2. The van der Waals surface area contributed by atoms with Crippen LogP contribution in [0.15, 0.2) is 78.9 Å². The molecular weight excluding hydrogens is 449 g/mol. The van der Waals surface area contributed by atoms with E-state index in [1.807, 2.05) is 11.4 Å². The molecule has 0 aliphatic carbocycles. The van der Waals surface area contributed by atoms with Crippen LogP contribution in [-0.2, 0) is 17.5 Å². The van der Waals surface area contributed by atoms with Gasteiger partial charge in [-0.05, 0) is 35.9 Å². The summed E-state index contributed by atoms with van der Waals surface area (Å²) in [6.07, 6.45) is -4.75. The minimum absolute atomic E-state index is 0.0588. The van der Waals surface area contributed by atoms with Crippen molar-refractivity contribution in [1.29, 1.82) is 0 Å². The number of amides is 4. The van der Waals surface area contributed by atoms with Crippen molar-refractivity contribution in [2.45, 2.75) is 12.7 Å². The maximum atomic E-state index is 13.6. The molecule has 0 aliphatic rings. The van der Waals surface area contributed by atoms with Crippen LogP contribution in [0.3, 0.4) is 0 Å². The summed E-state index contributed by atoms with van der Waals surface area (Å²) in [5.41, 5.74) is -0.390. The highest BCUT2D eigenvalue weighted by Crippen LogP contribution is 2.36. The number of urea groups is 1. The molecule has 0 aromatic heterocycles. The van der Waals surface area contributed by atoms with Gasteiger partial charge in [0.05, 0.1) is 12.1 Å². The van der Waals surface area contributed by atoms with E-state index in [9.17, 15) is 27.6 Å². The fourth-order valence-corrected chi connectivity index (χ4v) is 2.97. The first-order chi connectivity index (χ1) is 16.2. The quantitative estimate of drug-likeness (QED) is 0.412. The van der Waals surface area contributed by atoms with Crippen molar-refractivity contribution in [2.75, 3.05) is 17.2 Å². The number of nitrogens with one attached hydrogen (secondary N) is 4. The molecule has 0 radical (unpaired) electrons. The van der Waals surface area contributed by atoms with Crippen LogP contribution in [-0.4, -0.2) is 24.4 Å². The summed E-state index contributed by atoms with van der Waals surface area (Å²) < 4.78 is 40.7. The second-order valence-corrected chi connectivity index (χ2v) is 7.15. The molecule has 10 heteroatoms. The molecule has 3 aromatic carbocycles. The van der Waals surface area contributed by atoms with Crippen LogP contribution in [0.5, 0.6) is 0 Å². The Morgan fingerprint density at radius 1 is 0.824 bits per heavy atom. The number of hydrogen-bond donors (Lipinski definition) is 4. The average Bonchev–Trinajstić information content (AvgIpc) is 2.82. The minimum atomic E-state index is -4.75. The molecule has 0 aliphatic heterocycles. The van der Waals surface area contributed by atoms with E-state index in [4.69, 9.17) is 0 Å². The maximum absolute atomic E-state index is 13.6. The lowest BCUT2D eigenvalue weighted by molar-refractivity contribution is -0.137. The molecule has 0 saturated carbocycles. The monoisotopic (exact) mass is 470 g/mol. The lowest BCUT2D eigenvalue weighted by Crippen LogP contribution is -2.41. The van der Waals surface area contributed by atoms with E-state index < -0.39 is 36.1 Å². The number of alkyl halides is 3. The number of carbonyl (C=O) groups is 3. The first-order valence-corrected chi connectivity index (χ1v) is 10.2. The van der Waals surface area contributed by atoms with Gasteiger partial charge in [0, 0.05) is 23.5 Å². The summed E-state index contributed by atoms with van der Waals surface area (Å²) in [5.74, 6) is -1.38. The fraction of sp³-hybridized carbons (Fsp3) is 0.125. The molecule has 0 fully saturated rings. The number of carbonyl (C=O) groups excluding carboxylic acids is 3. The highest BCUT2D eigenvalue weighted by Gasteiger charge is 2.34. The SMILES string of the molecule is O=C(CNc1ccc(NC(=O)c2ccccc2)cc1C(F)(F)F)NC(=O)NCc1ccccc1. The predicted octanol–water partition coefficient (Wildman–Crippen LogP) is 4.40. The topological polar surface area (TPSA) is 99.3 Å². The fourth-order valence-electron chi connectivity index (χ4n) is 2.97. The molecule has 0 unspecified atom stereocenters. The molecule has 0 bridgehead atoms. The van der Waals surface area contributed by atoms with Crippen LogP contribution >= 0.6 is 0 Å². The van der Waals surface area contributed by atoms with Crippen molar-refractivity contribution < 1.29 is 27.6 Å². The van der Waals surface area contributed by atoms with Gasteiger partial charge in [-0.25, -0.2) is 4.79 Å². The molecule has 7 nitrogen and oxygen atoms in total. The number of hydrogen-bond acceptors (Lipinski definition) is 4. The summed E-state index contributed by atoms with van der Waals surface area (Å²) in [5, 5.41) is 9.33. The number of halogens is 3. The Morgan fingerprint density at radius 2 is 1.47 bits per heavy atom. The number of benzene rings is 3. The molecule has 0 spiro atoms. The predicted molar refractivity (Wildman–Crippen MR) is 121 cm³/mol. The second kappa shape index (κ2) is 11.0. The van der Waals surface area contributed by atoms with Gasteiger partial charge in [0.25, 0.3) is 5.91 Å². The molecule has 0 heterocycles. The smallest absolute Gasteiger partial charge is 0.376 e. The van der Waals surface area contributed by atoms with Gasteiger partial charge >= 0.3 is 12.2 Å². The Hall–Kier alpha value is -4.34. The van der Waals surface area contributed by atoms with Gasteiger partial charge in [-0.15, -0.1) is 0 Å². The summed E-state index contributed by atoms with van der Waals surface area (Å²) in [7, 11) is 0. The van der Waals surface area contributed by atoms with E-state index in [2.05, 4.69) is 16.0 Å². The Morgan fingerprint density at radius 3 is 2.12 bits per heavy atom. The van der Waals surface area contributed by atoms with Crippen LogP contribution in [0.2, 0.25) is 0 Å². The molecule has 0 atom stereocenters. The summed E-state index contributed by atoms with van der Waals surface area (Å²) in [6.45, 7) is -0.390. The third kappa shape index (κ3) is 7.09. The van der Waals surface area contributed by atoms with E-state index in [1.54, 1.807) is 42.5 Å². The largest absolute Gasteiger partial charge is 0.418 e. The summed E-state index contributed by atoms with van der Waals surface area (Å²) in [4.78, 5) is 36.1. The minimum Gasteiger partial charge on any atom is -0.376 e. The lowest BCUT2D eigenvalue weighted by Gasteiger charge is -2.16. The molecule has 0 saturated heterocycles. The maximum Gasteiger partial charge on any atom is 0.418 e. The van der Waals surface area contributed by atoms with Crippen molar-refractivity contribution in [3.63, 3.8) is 0 Å². The van der Waals surface area contributed by atoms with Crippen molar-refractivity contribution in [2.24, 2.45) is 0 Å². The van der Waals surface area contributed by atoms with Crippen LogP contribution in [0.1, 0.15) is 21.5 Å². The highest BCUT2D eigenvalue weighted by atomic mass is 19.4. The van der Waals surface area contributed by atoms with Crippen LogP contribution < -0.4 is 21.3 Å². The van der Waals surface area contributed by atoms with Crippen molar-refractivity contribution in [3.05, 3.63) is 95.6 Å². The van der Waals surface area contributed by atoms with Crippen molar-refractivity contribution in [3.8, 4) is 0 Å². The van der Waals surface area contributed by atoms with Gasteiger partial charge in [-0.1, -0.05) is 48.5 Å². The van der Waals surface area contributed by atoms with E-state index in [0.29, 0.717) is 5.56 Å². The van der Waals surface area contributed by atoms with Gasteiger partial charge in [0.1, 0.15) is 0 Å². The molecule has 3 aromatic rings. The zero-order chi connectivity index (χ0) is 24.6. The van der Waals surface area contributed by atoms with Gasteiger partial charge in [0.2, 0.25) is 5.91 Å². The molecule has 3 rings (SSSR count). The Balaban J connectivity index is 1.59. The van der Waals surface area contributed by atoms with E-state index in [-0.39, 0.29) is 17.9 Å². The zero-order valence-electron chi connectivity index (χ0n) is 17.8. The molecular formula is C24H21F3N4O3. The molecule has 4 amide bonds. The normalized spacial score (nSPS) is 10.8. The molecule has 4 N–H and O–H groups in total. The summed E-state index contributed by atoms with van der Waals surface area (Å²) >= 11 is 0. The van der Waals surface area contributed by atoms with Crippen LogP contribution in [0, 0.1) is 0 Å². The van der Waals surface area contributed by atoms with Gasteiger partial charge in [0.15, 0.2) is 0 Å². The summed E-state index contributed by atoms with van der Waals surface area (Å²) in [6, 6.07) is 19.4. The first kappa shape index (κ1) is 24.3. The number of rotatable bonds is 7. The van der Waals surface area contributed by atoms with E-state index in [1.165, 1.54) is 18.2 Å². The number of imide groups is 1. The molecule has 176 valence electrons. The second-order valence-electron chi connectivity index (χ2n) is 7.15. The Kier molecular flexibility index (Phi) is 7.86. The lowest BCUT2D eigenvalue weighted by atomic mass is 10.1. The highest BCUT2D eigenvalue weighted by molar-refractivity contribution is 6.04. The van der Waals surface area contributed by atoms with E-state index in [0.717, 1.165) is 17.7 Å². The average molecular weight is 470 g/mol. The third-order valence-corrected chi connectivity index (χ3v) is 4.61. The third-order valence-electron chi connectivity index (χ3n) is 4.61. The van der Waals surface area contributed by atoms with Gasteiger partial charge < -0.3 is 16.0 Å². The standard InChI is InChI=1S/C24H21F3N4O3/c25-24(26,27)19-13-18(30-22(33)17-9-5-2-6-10-17)11-12-20(19)28-15-21(32)31-23(34)29-14-16-7-3-1-4-8-16/h1-13,28H,14-15H2,(H,30,33)(H2,29,31,32,34). The van der Waals surface area contributed by atoms with Crippen LogP contribution in [0.4, 0.5) is 29.3 Å². The van der Waals surface area contributed by atoms with Crippen LogP contribution in [0.25, 0.3) is 0 Å². The van der Waals surface area contributed by atoms with Gasteiger partial charge in [-0.3, -0.25) is 14.9 Å². The van der Waals surface area contributed by atoms with Gasteiger partial charge in [-0.2, -0.15) is 13.2 Å². The first-order valence-electron chi connectivity index (χ1n) is 10.2. The zero-order valence-corrected chi connectivity index (χ0v) is 17.8. The molecule has 34 heavy (non-hydrogen) atoms. The Bertz CT molecular complexity index is 1150. The van der Waals surface area contributed by atoms with Crippen molar-refractivity contribution in [1.82, 2.24) is 10.6 Å².